The van der Waals surface area contributed by atoms with Gasteiger partial charge in [-0.05, 0) is 19.9 Å². The highest BCUT2D eigenvalue weighted by atomic mass is 16.8. The first-order valence-electron chi connectivity index (χ1n) is 5.22. The van der Waals surface area contributed by atoms with Crippen LogP contribution in [0.25, 0.3) is 0 Å². The van der Waals surface area contributed by atoms with Crippen LogP contribution in [0, 0.1) is 0 Å². The molecule has 0 saturated carbocycles. The molecule has 7 nitrogen and oxygen atoms in total. The lowest BCUT2D eigenvalue weighted by atomic mass is 10.2. The molecule has 0 bridgehead atoms. The van der Waals surface area contributed by atoms with Gasteiger partial charge in [-0.1, -0.05) is 0 Å². The fourth-order valence-corrected chi connectivity index (χ4v) is 1.81. The molecule has 0 unspecified atom stereocenters. The van der Waals surface area contributed by atoms with E-state index in [2.05, 4.69) is 10.6 Å². The van der Waals surface area contributed by atoms with Gasteiger partial charge in [0.15, 0.2) is 5.79 Å². The number of urea groups is 1. The number of ether oxygens (including phenoxy) is 2. The fourth-order valence-electron chi connectivity index (χ4n) is 1.81. The molecule has 2 heterocycles. The summed E-state index contributed by atoms with van der Waals surface area (Å²) in [6.07, 6.45) is 0.313. The van der Waals surface area contributed by atoms with Crippen LogP contribution >= 0.6 is 0 Å². The van der Waals surface area contributed by atoms with Crippen molar-refractivity contribution in [3.63, 3.8) is 0 Å². The average Bonchev–Trinajstić information content (AvgIpc) is 2.67. The maximum absolute atomic E-state index is 11.3. The highest BCUT2D eigenvalue weighted by Crippen LogP contribution is 2.29. The summed E-state index contributed by atoms with van der Waals surface area (Å²) in [4.78, 5) is 22.2. The molecule has 2 atom stereocenters. The van der Waals surface area contributed by atoms with Crippen molar-refractivity contribution in [1.82, 2.24) is 10.6 Å². The molecule has 2 fully saturated rings. The second-order valence-electron chi connectivity index (χ2n) is 4.31. The van der Waals surface area contributed by atoms with E-state index in [9.17, 15) is 9.59 Å². The lowest BCUT2D eigenvalue weighted by Crippen LogP contribution is -2.26. The van der Waals surface area contributed by atoms with Gasteiger partial charge in [-0.25, -0.2) is 4.79 Å². The van der Waals surface area contributed by atoms with Crippen molar-refractivity contribution in [2.45, 2.75) is 31.8 Å². The summed E-state index contributed by atoms with van der Waals surface area (Å²) in [5.74, 6) is -1.34. The molecule has 3 amide bonds. The van der Waals surface area contributed by atoms with Crippen LogP contribution in [-0.4, -0.2) is 41.6 Å². The molecule has 0 aliphatic carbocycles. The minimum absolute atomic E-state index is 0.111. The average molecular weight is 242 g/mol. The third-order valence-electron chi connectivity index (χ3n) is 2.45. The first-order chi connectivity index (χ1) is 7.91. The maximum atomic E-state index is 11.3. The highest BCUT2D eigenvalue weighted by molar-refractivity contribution is 6.11. The van der Waals surface area contributed by atoms with Crippen molar-refractivity contribution in [2.75, 3.05) is 6.61 Å². The number of hydrogen-bond donors (Lipinski definition) is 3. The summed E-state index contributed by atoms with van der Waals surface area (Å²) in [6, 6.07) is -0.569. The highest BCUT2D eigenvalue weighted by Gasteiger charge is 2.40. The Balaban J connectivity index is 2.15. The van der Waals surface area contributed by atoms with Gasteiger partial charge >= 0.3 is 6.03 Å². The topological polar surface area (TPSA) is 96.9 Å². The lowest BCUT2D eigenvalue weighted by molar-refractivity contribution is -0.146. The number of carbonyl (C=O) groups is 2. The minimum Gasteiger partial charge on any atom is -0.394 e. The van der Waals surface area contributed by atoms with E-state index in [0.717, 1.165) is 0 Å². The van der Waals surface area contributed by atoms with Gasteiger partial charge in [-0.3, -0.25) is 10.1 Å². The number of hydrogen-bond acceptors (Lipinski definition) is 5. The van der Waals surface area contributed by atoms with E-state index < -0.39 is 29.9 Å². The largest absolute Gasteiger partial charge is 0.394 e. The van der Waals surface area contributed by atoms with Crippen LogP contribution < -0.4 is 10.6 Å². The monoisotopic (exact) mass is 242 g/mol. The lowest BCUT2D eigenvalue weighted by Gasteiger charge is -2.16. The standard InChI is InChI=1S/C10H14N2O5/c1-10(2)16-6(7(4-13)17-10)3-5-8(14)12-9(15)11-5/h3,6-7,13H,4H2,1-2H3,(H2,11,12,14,15)/b5-3-/t6-,7+/m0/s1. The van der Waals surface area contributed by atoms with Gasteiger partial charge in [0.1, 0.15) is 17.9 Å². The number of carbonyl (C=O) groups excluding carboxylic acids is 2. The molecule has 0 spiro atoms. The summed E-state index contributed by atoms with van der Waals surface area (Å²) in [7, 11) is 0. The second-order valence-corrected chi connectivity index (χ2v) is 4.31. The predicted molar refractivity (Wildman–Crippen MR) is 55.7 cm³/mol. The van der Waals surface area contributed by atoms with Crippen molar-refractivity contribution in [3.05, 3.63) is 11.8 Å². The van der Waals surface area contributed by atoms with Crippen LogP contribution in [-0.2, 0) is 14.3 Å². The zero-order chi connectivity index (χ0) is 12.6. The van der Waals surface area contributed by atoms with Crippen LogP contribution in [0.1, 0.15) is 13.8 Å². The number of rotatable bonds is 2. The van der Waals surface area contributed by atoms with Gasteiger partial charge in [0.2, 0.25) is 0 Å². The molecule has 17 heavy (non-hydrogen) atoms. The van der Waals surface area contributed by atoms with Crippen molar-refractivity contribution in [3.8, 4) is 0 Å². The van der Waals surface area contributed by atoms with Crippen molar-refractivity contribution in [1.29, 1.82) is 0 Å². The molecule has 0 aromatic carbocycles. The van der Waals surface area contributed by atoms with Crippen LogP contribution in [0.4, 0.5) is 4.79 Å². The third kappa shape index (κ3) is 2.46. The first kappa shape index (κ1) is 12.0. The van der Waals surface area contributed by atoms with E-state index in [1.54, 1.807) is 13.8 Å². The fraction of sp³-hybridized carbons (Fsp3) is 0.600. The summed E-state index contributed by atoms with van der Waals surface area (Å²) in [6.45, 7) is 3.19. The Kier molecular flexibility index (Phi) is 2.90. The van der Waals surface area contributed by atoms with Gasteiger partial charge in [-0.2, -0.15) is 0 Å². The summed E-state index contributed by atoms with van der Waals surface area (Å²) in [5, 5.41) is 13.6. The minimum atomic E-state index is -0.825. The van der Waals surface area contributed by atoms with Crippen molar-refractivity contribution < 1.29 is 24.2 Å². The molecule has 2 aliphatic heterocycles. The van der Waals surface area contributed by atoms with E-state index in [-0.39, 0.29) is 12.3 Å². The van der Waals surface area contributed by atoms with E-state index in [1.807, 2.05) is 0 Å². The molecular formula is C10H14N2O5. The summed E-state index contributed by atoms with van der Waals surface area (Å²) in [5.41, 5.74) is 0.111. The SMILES string of the molecule is CC1(C)O[C@@H](/C=C2\NC(=O)NC2=O)[C@@H](CO)O1. The van der Waals surface area contributed by atoms with Crippen LogP contribution in [0.2, 0.25) is 0 Å². The number of aliphatic hydroxyl groups is 1. The third-order valence-corrected chi connectivity index (χ3v) is 2.45. The summed E-state index contributed by atoms with van der Waals surface area (Å²) < 4.78 is 10.9. The van der Waals surface area contributed by atoms with Gasteiger partial charge in [0.05, 0.1) is 6.61 Å². The normalized spacial score (nSPS) is 33.9. The van der Waals surface area contributed by atoms with Gasteiger partial charge in [-0.15, -0.1) is 0 Å². The number of imide groups is 1. The van der Waals surface area contributed by atoms with Crippen LogP contribution in [0.5, 0.6) is 0 Å². The van der Waals surface area contributed by atoms with Gasteiger partial charge in [0.25, 0.3) is 5.91 Å². The molecule has 0 aromatic rings. The van der Waals surface area contributed by atoms with Gasteiger partial charge in [0, 0.05) is 0 Å². The van der Waals surface area contributed by atoms with Crippen molar-refractivity contribution in [2.24, 2.45) is 0 Å². The quantitative estimate of drug-likeness (QED) is 0.436. The van der Waals surface area contributed by atoms with Crippen LogP contribution in [0.3, 0.4) is 0 Å². The maximum Gasteiger partial charge on any atom is 0.326 e. The van der Waals surface area contributed by atoms with Crippen LogP contribution in [0.15, 0.2) is 11.8 Å². The Morgan fingerprint density at radius 2 is 2.06 bits per heavy atom. The zero-order valence-electron chi connectivity index (χ0n) is 9.52. The molecular weight excluding hydrogens is 228 g/mol. The smallest absolute Gasteiger partial charge is 0.326 e. The molecule has 0 aromatic heterocycles. The molecule has 2 rings (SSSR count). The Morgan fingerprint density at radius 3 is 2.59 bits per heavy atom. The summed E-state index contributed by atoms with van der Waals surface area (Å²) >= 11 is 0. The van der Waals surface area contributed by atoms with E-state index >= 15 is 0 Å². The molecule has 0 radical (unpaired) electrons. The second kappa shape index (κ2) is 4.10. The Morgan fingerprint density at radius 1 is 1.35 bits per heavy atom. The Bertz CT molecular complexity index is 390. The molecule has 3 N–H and O–H groups in total. The molecule has 7 heteroatoms. The van der Waals surface area contributed by atoms with Crippen molar-refractivity contribution >= 4 is 11.9 Å². The Labute approximate surface area is 97.8 Å². The van der Waals surface area contributed by atoms with Gasteiger partial charge < -0.3 is 19.9 Å². The molecule has 2 aliphatic rings. The Hall–Kier alpha value is -1.44. The number of aliphatic hydroxyl groups excluding tert-OH is 1. The molecule has 2 saturated heterocycles. The van der Waals surface area contributed by atoms with E-state index in [4.69, 9.17) is 14.6 Å². The predicted octanol–water partition coefficient (Wildman–Crippen LogP) is -0.778. The van der Waals surface area contributed by atoms with E-state index in [0.29, 0.717) is 0 Å². The van der Waals surface area contributed by atoms with E-state index in [1.165, 1.54) is 6.08 Å². The first-order valence-corrected chi connectivity index (χ1v) is 5.22. The zero-order valence-corrected chi connectivity index (χ0v) is 9.52. The number of amides is 3. The number of nitrogens with one attached hydrogen (secondary N) is 2. The molecule has 94 valence electrons.